The van der Waals surface area contributed by atoms with Gasteiger partial charge in [-0.05, 0) is 23.4 Å². The van der Waals surface area contributed by atoms with Gasteiger partial charge in [0.25, 0.3) is 0 Å². The van der Waals surface area contributed by atoms with Crippen molar-refractivity contribution in [3.05, 3.63) is 144 Å². The molecule has 0 aromatic heterocycles. The minimum atomic E-state index is -4.89. The summed E-state index contributed by atoms with van der Waals surface area (Å²) in [5, 5.41) is 3.03. The predicted octanol–water partition coefficient (Wildman–Crippen LogP) is 5.74. The summed E-state index contributed by atoms with van der Waals surface area (Å²) in [7, 11) is 0. The number of Topliss-reactive ketones (excluding diaryl/α,β-unsaturated/α-hetero) is 1. The highest BCUT2D eigenvalue weighted by Gasteiger charge is 2.42. The van der Waals surface area contributed by atoms with Gasteiger partial charge >= 0.3 is 13.0 Å². The Balaban J connectivity index is 1.89. The molecule has 0 bridgehead atoms. The maximum Gasteiger partial charge on any atom is 0.432 e. The van der Waals surface area contributed by atoms with Crippen LogP contribution in [0.15, 0.2) is 138 Å². The van der Waals surface area contributed by atoms with E-state index in [1.807, 2.05) is 30.3 Å². The van der Waals surface area contributed by atoms with Crippen LogP contribution in [0.1, 0.15) is 22.8 Å². The van der Waals surface area contributed by atoms with Crippen LogP contribution in [0, 0.1) is 0 Å². The van der Waals surface area contributed by atoms with E-state index in [4.69, 9.17) is 0 Å². The summed E-state index contributed by atoms with van der Waals surface area (Å²) in [6, 6.07) is 34.8. The van der Waals surface area contributed by atoms with E-state index in [9.17, 15) is 18.0 Å². The van der Waals surface area contributed by atoms with Crippen molar-refractivity contribution < 1.29 is 18.0 Å². The number of nitrogens with one attached hydrogen (secondary N) is 1. The molecule has 0 spiro atoms. The molecule has 0 heterocycles. The molecule has 190 valence electrons. The highest BCUT2D eigenvalue weighted by molar-refractivity contribution is 6.84. The Bertz CT molecular complexity index is 1370. The molecule has 4 rings (SSSR count). The van der Waals surface area contributed by atoms with Gasteiger partial charge in [-0.1, -0.05) is 121 Å². The minimum absolute atomic E-state index is 0.0960. The van der Waals surface area contributed by atoms with Crippen LogP contribution in [0.4, 0.5) is 13.2 Å². The third-order valence-corrected chi connectivity index (χ3v) is 6.03. The van der Waals surface area contributed by atoms with Crippen molar-refractivity contribution in [1.29, 1.82) is 0 Å². The maximum atomic E-state index is 14.8. The summed E-state index contributed by atoms with van der Waals surface area (Å²) in [6.45, 7) is 0.777. The van der Waals surface area contributed by atoms with Gasteiger partial charge in [-0.3, -0.25) is 4.79 Å². The number of hydrogen-bond acceptors (Lipinski definition) is 3. The number of ketones is 1. The standard InChI is InChI=1S/C31H26BF3N2O/c1-23(36-22-24-14-6-2-7-15-24)28(29(38)25-16-8-3-9-17-25)30(31(33,34)35)37-32(26-18-10-4-11-19-26)27-20-12-5-13-21-27/h2-21,36H,22H2,1H3. The lowest BCUT2D eigenvalue weighted by atomic mass is 9.51. The molecule has 0 atom stereocenters. The van der Waals surface area contributed by atoms with Crippen LogP contribution in [-0.2, 0) is 6.54 Å². The fraction of sp³-hybridized carbons (Fsp3) is 0.0968. The lowest BCUT2D eigenvalue weighted by Crippen LogP contribution is -2.44. The Labute approximate surface area is 220 Å². The van der Waals surface area contributed by atoms with E-state index in [0.717, 1.165) is 5.56 Å². The number of benzene rings is 4. The maximum absolute atomic E-state index is 14.8. The SMILES string of the molecule is CC(NCc1ccccc1)=C(C(=O)c1ccccc1)C(=NB(c1ccccc1)c1ccccc1)C(F)(F)F. The molecule has 3 nitrogen and oxygen atoms in total. The molecular formula is C31H26BF3N2O. The molecule has 0 aliphatic rings. The first kappa shape index (κ1) is 26.7. The zero-order chi connectivity index (χ0) is 27.0. The number of nitrogens with zero attached hydrogens (tertiary/aromatic N) is 1. The Morgan fingerprint density at radius 2 is 1.18 bits per heavy atom. The highest BCUT2D eigenvalue weighted by Crippen LogP contribution is 2.27. The first-order valence-corrected chi connectivity index (χ1v) is 12.2. The van der Waals surface area contributed by atoms with Crippen molar-refractivity contribution in [3.8, 4) is 0 Å². The van der Waals surface area contributed by atoms with E-state index in [0.29, 0.717) is 10.9 Å². The van der Waals surface area contributed by atoms with E-state index in [2.05, 4.69) is 10.2 Å². The Morgan fingerprint density at radius 1 is 0.737 bits per heavy atom. The number of carbonyl (C=O) groups excluding carboxylic acids is 1. The lowest BCUT2D eigenvalue weighted by molar-refractivity contribution is -0.0581. The van der Waals surface area contributed by atoms with E-state index in [1.165, 1.54) is 19.1 Å². The molecule has 0 radical (unpaired) electrons. The van der Waals surface area contributed by atoms with Crippen LogP contribution in [0.3, 0.4) is 0 Å². The largest absolute Gasteiger partial charge is 0.432 e. The Kier molecular flexibility index (Phi) is 8.59. The zero-order valence-corrected chi connectivity index (χ0v) is 20.8. The molecule has 0 amide bonds. The fourth-order valence-corrected chi connectivity index (χ4v) is 4.13. The monoisotopic (exact) mass is 510 g/mol. The summed E-state index contributed by atoms with van der Waals surface area (Å²) in [5.41, 5.74) is 0.563. The first-order chi connectivity index (χ1) is 18.3. The van der Waals surface area contributed by atoms with Gasteiger partial charge in [-0.25, -0.2) is 0 Å². The van der Waals surface area contributed by atoms with Gasteiger partial charge in [-0.15, -0.1) is 0 Å². The highest BCUT2D eigenvalue weighted by atomic mass is 19.4. The molecule has 4 aromatic carbocycles. The summed E-state index contributed by atoms with van der Waals surface area (Å²) < 4.78 is 44.4. The Hall–Kier alpha value is -4.39. The summed E-state index contributed by atoms with van der Waals surface area (Å²) >= 11 is 0. The van der Waals surface area contributed by atoms with Crippen LogP contribution in [0.2, 0.25) is 0 Å². The number of hydrogen-bond donors (Lipinski definition) is 1. The molecule has 7 heteroatoms. The molecular weight excluding hydrogens is 484 g/mol. The van der Waals surface area contributed by atoms with Gasteiger partial charge in [0.2, 0.25) is 0 Å². The second-order valence-electron chi connectivity index (χ2n) is 8.73. The fourth-order valence-electron chi connectivity index (χ4n) is 4.13. The van der Waals surface area contributed by atoms with Gasteiger partial charge in [0.15, 0.2) is 5.78 Å². The van der Waals surface area contributed by atoms with Crippen molar-refractivity contribution in [1.82, 2.24) is 5.32 Å². The lowest BCUT2D eigenvalue weighted by Gasteiger charge is -2.20. The molecule has 1 N–H and O–H groups in total. The van der Waals surface area contributed by atoms with Gasteiger partial charge in [0.05, 0.1) is 5.57 Å². The second kappa shape index (κ2) is 12.2. The van der Waals surface area contributed by atoms with Crippen molar-refractivity contribution >= 4 is 29.3 Å². The van der Waals surface area contributed by atoms with Crippen LogP contribution in [0.5, 0.6) is 0 Å². The average molecular weight is 510 g/mol. The molecule has 0 aliphatic carbocycles. The van der Waals surface area contributed by atoms with Crippen LogP contribution in [0.25, 0.3) is 0 Å². The summed E-state index contributed by atoms with van der Waals surface area (Å²) in [4.78, 5) is 17.9. The van der Waals surface area contributed by atoms with Crippen molar-refractivity contribution in [2.75, 3.05) is 0 Å². The molecule has 0 unspecified atom stereocenters. The molecule has 0 aliphatic heterocycles. The van der Waals surface area contributed by atoms with E-state index < -0.39 is 30.1 Å². The number of halogens is 3. The smallest absolute Gasteiger partial charge is 0.384 e. The van der Waals surface area contributed by atoms with Crippen LogP contribution >= 0.6 is 0 Å². The Morgan fingerprint density at radius 3 is 1.66 bits per heavy atom. The molecule has 0 saturated carbocycles. The van der Waals surface area contributed by atoms with Gasteiger partial charge in [0.1, 0.15) is 5.71 Å². The molecule has 38 heavy (non-hydrogen) atoms. The number of alkyl halides is 3. The number of allylic oxidation sites excluding steroid dienone is 2. The third-order valence-electron chi connectivity index (χ3n) is 6.03. The summed E-state index contributed by atoms with van der Waals surface area (Å²) in [5.74, 6) is -0.750. The third kappa shape index (κ3) is 6.68. The first-order valence-electron chi connectivity index (χ1n) is 12.2. The van der Waals surface area contributed by atoms with Gasteiger partial charge in [0, 0.05) is 17.8 Å². The number of carbonyl (C=O) groups is 1. The van der Waals surface area contributed by atoms with E-state index in [1.54, 1.807) is 78.9 Å². The van der Waals surface area contributed by atoms with Gasteiger partial charge in [-0.2, -0.15) is 13.2 Å². The van der Waals surface area contributed by atoms with Crippen LogP contribution in [-0.4, -0.2) is 24.5 Å². The van der Waals surface area contributed by atoms with Gasteiger partial charge < -0.3 is 10.2 Å². The number of rotatable bonds is 9. The predicted molar refractivity (Wildman–Crippen MR) is 148 cm³/mol. The zero-order valence-electron chi connectivity index (χ0n) is 20.8. The van der Waals surface area contributed by atoms with Crippen molar-refractivity contribution in [2.45, 2.75) is 19.6 Å². The van der Waals surface area contributed by atoms with Crippen LogP contribution < -0.4 is 16.2 Å². The minimum Gasteiger partial charge on any atom is -0.384 e. The quantitative estimate of drug-likeness (QED) is 0.135. The average Bonchev–Trinajstić information content (AvgIpc) is 2.95. The van der Waals surface area contributed by atoms with Crippen molar-refractivity contribution in [2.24, 2.45) is 4.90 Å². The topological polar surface area (TPSA) is 41.5 Å². The molecule has 4 aromatic rings. The molecule has 0 saturated heterocycles. The molecule has 0 fully saturated rings. The summed E-state index contributed by atoms with van der Waals surface area (Å²) in [6.07, 6.45) is -4.89. The van der Waals surface area contributed by atoms with E-state index in [-0.39, 0.29) is 17.8 Å². The second-order valence-corrected chi connectivity index (χ2v) is 8.73. The van der Waals surface area contributed by atoms with E-state index >= 15 is 0 Å². The van der Waals surface area contributed by atoms with Crippen molar-refractivity contribution in [3.63, 3.8) is 0 Å². The normalized spacial score (nSPS) is 12.5.